The summed E-state index contributed by atoms with van der Waals surface area (Å²) in [4.78, 5) is 4.82. The van der Waals surface area contributed by atoms with Gasteiger partial charge in [0.25, 0.3) is 0 Å². The van der Waals surface area contributed by atoms with E-state index in [0.29, 0.717) is 0 Å². The molecule has 0 aliphatic heterocycles. The summed E-state index contributed by atoms with van der Waals surface area (Å²) in [5, 5.41) is 20.1. The molecule has 0 atom stereocenters. The molecular formula is C86H56N2. The van der Waals surface area contributed by atoms with Crippen LogP contribution in [0.1, 0.15) is 22.3 Å². The molecule has 17 aromatic carbocycles. The quantitative estimate of drug-likeness (QED) is 0.0889. The molecule has 2 nitrogen and oxygen atoms in total. The molecule has 0 saturated heterocycles. The monoisotopic (exact) mass is 1120 g/mol. The molecule has 0 N–H and O–H groups in total. The summed E-state index contributed by atoms with van der Waals surface area (Å²) < 4.78 is 0. The van der Waals surface area contributed by atoms with Crippen LogP contribution in [0.15, 0.2) is 315 Å². The Bertz CT molecular complexity index is 5170. The van der Waals surface area contributed by atoms with E-state index in [0.717, 1.165) is 56.4 Å². The van der Waals surface area contributed by atoms with Gasteiger partial charge in [-0.15, -0.1) is 0 Å². The molecule has 0 aliphatic rings. The van der Waals surface area contributed by atoms with E-state index in [4.69, 9.17) is 0 Å². The lowest BCUT2D eigenvalue weighted by atomic mass is 9.84. The second kappa shape index (κ2) is 21.2. The molecule has 0 bridgehead atoms. The molecule has 0 saturated carbocycles. The second-order valence-electron chi connectivity index (χ2n) is 23.2. The lowest BCUT2D eigenvalue weighted by Crippen LogP contribution is -2.10. The number of anilines is 6. The highest BCUT2D eigenvalue weighted by molar-refractivity contribution is 6.28. The SMILES string of the molecule is C(=C\c1ccc2c(-c3ccccc3)c(-c3ccccc3)c3ccc(/C=C/c4ccc(N(c5ccccc5)c5cc6cccc7ccc8cccc5c8c76)cc4)cc3c2c1)/c1ccc(N(c2ccccc2)c2cc3cccc4ccc5cccc2c5c43)cc1. The average molecular weight is 1120 g/mol. The van der Waals surface area contributed by atoms with Crippen molar-refractivity contribution in [2.45, 2.75) is 0 Å². The summed E-state index contributed by atoms with van der Waals surface area (Å²) in [6.45, 7) is 0. The number of benzene rings is 17. The smallest absolute Gasteiger partial charge is 0.0546 e. The Morgan fingerprint density at radius 2 is 0.511 bits per heavy atom. The molecule has 17 aromatic rings. The van der Waals surface area contributed by atoms with Gasteiger partial charge in [-0.3, -0.25) is 0 Å². The van der Waals surface area contributed by atoms with Crippen LogP contribution in [0.3, 0.4) is 0 Å². The molecule has 0 aliphatic carbocycles. The van der Waals surface area contributed by atoms with Gasteiger partial charge in [-0.1, -0.05) is 267 Å². The molecule has 17 rings (SSSR count). The minimum atomic E-state index is 1.10. The Morgan fingerprint density at radius 3 is 0.909 bits per heavy atom. The second-order valence-corrected chi connectivity index (χ2v) is 23.2. The standard InChI is InChI=1S/C86H56N2/c1-5-17-61(18-6-1)83-73-51-41-59(35-33-57-37-47-71(48-38-57)87(69-27-9-3-10-28-69)79-55-67-25-13-21-63-43-45-65-23-15-31-75(79)85(65)81(63)67)53-77(73)78-54-60(42-52-74(78)84(83)62-19-7-2-8-20-62)36-34-58-39-49-72(50-40-58)88(70-29-11-4-12-30-70)80-56-68-26-14-22-64-44-46-66-24-16-32-76(80)86(66)82(64)68/h1-56H/b35-33+,36-34+. The Balaban J connectivity index is 0.742. The zero-order valence-corrected chi connectivity index (χ0v) is 48.2. The normalized spacial score (nSPS) is 12.0. The Labute approximate surface area is 511 Å². The van der Waals surface area contributed by atoms with Gasteiger partial charge >= 0.3 is 0 Å². The molecule has 0 unspecified atom stereocenters. The van der Waals surface area contributed by atoms with E-state index in [-0.39, 0.29) is 0 Å². The number of nitrogens with zero attached hydrogens (tertiary/aromatic N) is 2. The molecule has 0 fully saturated rings. The third-order valence-corrected chi connectivity index (χ3v) is 18.0. The van der Waals surface area contributed by atoms with Crippen molar-refractivity contribution in [1.29, 1.82) is 0 Å². The molecule has 0 aromatic heterocycles. The van der Waals surface area contributed by atoms with E-state index in [2.05, 4.69) is 350 Å². The summed E-state index contributed by atoms with van der Waals surface area (Å²) in [7, 11) is 0. The van der Waals surface area contributed by atoms with Crippen LogP contribution in [0.25, 0.3) is 133 Å². The predicted octanol–water partition coefficient (Wildman–Crippen LogP) is 24.4. The largest absolute Gasteiger partial charge is 0.310 e. The maximum absolute atomic E-state index is 2.41. The first kappa shape index (κ1) is 50.9. The summed E-state index contributed by atoms with van der Waals surface area (Å²) in [5.74, 6) is 0. The van der Waals surface area contributed by atoms with Crippen molar-refractivity contribution >= 4 is 145 Å². The van der Waals surface area contributed by atoms with Gasteiger partial charge in [0.05, 0.1) is 11.4 Å². The highest BCUT2D eigenvalue weighted by Gasteiger charge is 2.23. The number of rotatable bonds is 12. The van der Waals surface area contributed by atoms with Crippen LogP contribution >= 0.6 is 0 Å². The minimum Gasteiger partial charge on any atom is -0.310 e. The van der Waals surface area contributed by atoms with Crippen molar-refractivity contribution in [3.63, 3.8) is 0 Å². The molecule has 0 spiro atoms. The van der Waals surface area contributed by atoms with E-state index >= 15 is 0 Å². The highest BCUT2D eigenvalue weighted by Crippen LogP contribution is 2.49. The Kier molecular flexibility index (Phi) is 12.3. The topological polar surface area (TPSA) is 6.48 Å². The summed E-state index contributed by atoms with van der Waals surface area (Å²) in [5.41, 5.74) is 16.2. The fraction of sp³-hybridized carbons (Fsp3) is 0. The van der Waals surface area contributed by atoms with Gasteiger partial charge in [-0.2, -0.15) is 0 Å². The van der Waals surface area contributed by atoms with Gasteiger partial charge in [0.2, 0.25) is 0 Å². The van der Waals surface area contributed by atoms with Crippen molar-refractivity contribution < 1.29 is 0 Å². The maximum Gasteiger partial charge on any atom is 0.0546 e. The average Bonchev–Trinajstić information content (AvgIpc) is 0.851. The van der Waals surface area contributed by atoms with Gasteiger partial charge < -0.3 is 9.80 Å². The summed E-state index contributed by atoms with van der Waals surface area (Å²) >= 11 is 0. The lowest BCUT2D eigenvalue weighted by Gasteiger charge is -2.28. The lowest BCUT2D eigenvalue weighted by molar-refractivity contribution is 1.30. The molecule has 88 heavy (non-hydrogen) atoms. The fourth-order valence-electron chi connectivity index (χ4n) is 14.0. The van der Waals surface area contributed by atoms with Crippen molar-refractivity contribution in [3.8, 4) is 22.3 Å². The number of fused-ring (bicyclic) bond motifs is 3. The first-order valence-electron chi connectivity index (χ1n) is 30.4. The van der Waals surface area contributed by atoms with E-state index < -0.39 is 0 Å². The van der Waals surface area contributed by atoms with Gasteiger partial charge in [0.15, 0.2) is 0 Å². The zero-order valence-electron chi connectivity index (χ0n) is 48.2. The number of para-hydroxylation sites is 2. The van der Waals surface area contributed by atoms with E-state index in [9.17, 15) is 0 Å². The fourth-order valence-corrected chi connectivity index (χ4v) is 14.0. The first-order valence-corrected chi connectivity index (χ1v) is 30.4. The van der Waals surface area contributed by atoms with Crippen LogP contribution in [-0.4, -0.2) is 0 Å². The zero-order chi connectivity index (χ0) is 58.1. The van der Waals surface area contributed by atoms with Crippen LogP contribution in [-0.2, 0) is 0 Å². The van der Waals surface area contributed by atoms with Gasteiger partial charge in [-0.25, -0.2) is 0 Å². The summed E-state index contributed by atoms with van der Waals surface area (Å²) in [6.07, 6.45) is 9.03. The Morgan fingerprint density at radius 1 is 0.193 bits per heavy atom. The highest BCUT2D eigenvalue weighted by atomic mass is 15.1. The number of hydrogen-bond acceptors (Lipinski definition) is 2. The van der Waals surface area contributed by atoms with Gasteiger partial charge in [-0.05, 0) is 193 Å². The minimum absolute atomic E-state index is 1.10. The molecular weight excluding hydrogens is 1060 g/mol. The van der Waals surface area contributed by atoms with Crippen molar-refractivity contribution in [3.05, 3.63) is 338 Å². The van der Waals surface area contributed by atoms with Crippen LogP contribution in [0.2, 0.25) is 0 Å². The first-order chi connectivity index (χ1) is 43.6. The van der Waals surface area contributed by atoms with E-state index in [1.807, 2.05) is 0 Å². The van der Waals surface area contributed by atoms with E-state index in [1.165, 1.54) is 108 Å². The molecule has 2 heteroatoms. The van der Waals surface area contributed by atoms with E-state index in [1.54, 1.807) is 0 Å². The van der Waals surface area contributed by atoms with Crippen LogP contribution in [0.5, 0.6) is 0 Å². The predicted molar refractivity (Wildman–Crippen MR) is 380 cm³/mol. The van der Waals surface area contributed by atoms with Crippen molar-refractivity contribution in [2.75, 3.05) is 9.80 Å². The molecule has 410 valence electrons. The van der Waals surface area contributed by atoms with Crippen molar-refractivity contribution in [1.82, 2.24) is 0 Å². The van der Waals surface area contributed by atoms with Gasteiger partial charge in [0.1, 0.15) is 0 Å². The molecule has 0 amide bonds. The third-order valence-electron chi connectivity index (χ3n) is 18.0. The maximum atomic E-state index is 2.41. The van der Waals surface area contributed by atoms with Crippen LogP contribution in [0.4, 0.5) is 34.1 Å². The number of hydrogen-bond donors (Lipinski definition) is 0. The Hall–Kier alpha value is -11.6. The van der Waals surface area contributed by atoms with Crippen molar-refractivity contribution in [2.24, 2.45) is 0 Å². The molecule has 0 radical (unpaired) electrons. The third kappa shape index (κ3) is 8.73. The van der Waals surface area contributed by atoms with Crippen LogP contribution < -0.4 is 9.80 Å². The molecule has 0 heterocycles. The summed E-state index contributed by atoms with van der Waals surface area (Å²) in [6, 6.07) is 116. The van der Waals surface area contributed by atoms with Gasteiger partial charge in [0, 0.05) is 33.5 Å². The van der Waals surface area contributed by atoms with Crippen LogP contribution in [0, 0.1) is 0 Å².